The van der Waals surface area contributed by atoms with E-state index in [1.807, 2.05) is 12.1 Å². The van der Waals surface area contributed by atoms with Gasteiger partial charge in [-0.25, -0.2) is 4.98 Å². The zero-order valence-electron chi connectivity index (χ0n) is 6.74. The van der Waals surface area contributed by atoms with Crippen LogP contribution in [-0.4, -0.2) is 16.2 Å². The van der Waals surface area contributed by atoms with Crippen molar-refractivity contribution in [1.82, 2.24) is 4.98 Å². The summed E-state index contributed by atoms with van der Waals surface area (Å²) < 4.78 is 0.733. The van der Waals surface area contributed by atoms with Gasteiger partial charge in [0.2, 0.25) is 0 Å². The van der Waals surface area contributed by atoms with Crippen molar-refractivity contribution < 1.29 is 5.11 Å². The van der Waals surface area contributed by atoms with E-state index in [0.29, 0.717) is 5.69 Å². The van der Waals surface area contributed by atoms with E-state index in [1.165, 1.54) is 0 Å². The van der Waals surface area contributed by atoms with Crippen LogP contribution < -0.4 is 5.73 Å². The first-order chi connectivity index (χ1) is 5.61. The summed E-state index contributed by atoms with van der Waals surface area (Å²) in [6.45, 7) is 1.65. The molecule has 3 nitrogen and oxygen atoms in total. The molecule has 0 amide bonds. The third-order valence-electron chi connectivity index (χ3n) is 1.60. The fourth-order valence-electron chi connectivity index (χ4n) is 0.857. The van der Waals surface area contributed by atoms with Gasteiger partial charge in [-0.2, -0.15) is 0 Å². The van der Waals surface area contributed by atoms with Crippen LogP contribution in [0.4, 0.5) is 0 Å². The molecule has 3 N–H and O–H groups in total. The molecule has 0 saturated heterocycles. The van der Waals surface area contributed by atoms with Crippen molar-refractivity contribution in [3.05, 3.63) is 28.5 Å². The van der Waals surface area contributed by atoms with E-state index in [2.05, 4.69) is 20.9 Å². The number of rotatable bonds is 2. The molecule has 0 spiro atoms. The predicted octanol–water partition coefficient (Wildman–Crippen LogP) is 1.22. The molecule has 0 aliphatic carbocycles. The lowest BCUT2D eigenvalue weighted by Gasteiger charge is -2.13. The number of hydrogen-bond acceptors (Lipinski definition) is 3. The zero-order chi connectivity index (χ0) is 9.14. The minimum atomic E-state index is -0.577. The summed E-state index contributed by atoms with van der Waals surface area (Å²) in [6.07, 6.45) is -0.577. The Morgan fingerprint density at radius 3 is 2.75 bits per heavy atom. The molecule has 1 rings (SSSR count). The molecule has 0 aliphatic heterocycles. The lowest BCUT2D eigenvalue weighted by atomic mass is 10.1. The predicted molar refractivity (Wildman–Crippen MR) is 50.5 cm³/mol. The number of nitrogens with two attached hydrogens (primary N) is 1. The van der Waals surface area contributed by atoms with Gasteiger partial charge in [0.15, 0.2) is 0 Å². The van der Waals surface area contributed by atoms with Gasteiger partial charge in [-0.1, -0.05) is 6.07 Å². The van der Waals surface area contributed by atoms with Crippen LogP contribution in [0, 0.1) is 0 Å². The first-order valence-electron chi connectivity index (χ1n) is 3.67. The average molecular weight is 231 g/mol. The largest absolute Gasteiger partial charge is 0.391 e. The van der Waals surface area contributed by atoms with E-state index in [4.69, 9.17) is 5.73 Å². The van der Waals surface area contributed by atoms with Crippen LogP contribution in [0.2, 0.25) is 0 Å². The van der Waals surface area contributed by atoms with E-state index < -0.39 is 12.1 Å². The third kappa shape index (κ3) is 2.27. The topological polar surface area (TPSA) is 59.1 Å². The number of aromatic nitrogens is 1. The number of aliphatic hydroxyl groups excluding tert-OH is 1. The van der Waals surface area contributed by atoms with Crippen LogP contribution in [0.3, 0.4) is 0 Å². The Morgan fingerprint density at radius 2 is 2.25 bits per heavy atom. The van der Waals surface area contributed by atoms with E-state index in [0.717, 1.165) is 4.60 Å². The Kier molecular flexibility index (Phi) is 3.20. The Balaban J connectivity index is 2.88. The molecule has 0 fully saturated rings. The fraction of sp³-hybridized carbons (Fsp3) is 0.375. The third-order valence-corrected chi connectivity index (χ3v) is 2.04. The SMILES string of the molecule is CC(O)[C@H](N)c1cccc(Br)n1. The summed E-state index contributed by atoms with van der Waals surface area (Å²) in [5.74, 6) is 0. The van der Waals surface area contributed by atoms with Crippen LogP contribution in [-0.2, 0) is 0 Å². The van der Waals surface area contributed by atoms with Crippen LogP contribution in [0.15, 0.2) is 22.8 Å². The van der Waals surface area contributed by atoms with Gasteiger partial charge in [-0.3, -0.25) is 0 Å². The maximum atomic E-state index is 9.18. The van der Waals surface area contributed by atoms with Crippen LogP contribution in [0.25, 0.3) is 0 Å². The van der Waals surface area contributed by atoms with Gasteiger partial charge in [-0.05, 0) is 35.0 Å². The summed E-state index contributed by atoms with van der Waals surface area (Å²) in [7, 11) is 0. The van der Waals surface area contributed by atoms with Gasteiger partial charge in [-0.15, -0.1) is 0 Å². The molecule has 12 heavy (non-hydrogen) atoms. The van der Waals surface area contributed by atoms with Crippen molar-refractivity contribution in [2.45, 2.75) is 19.1 Å². The summed E-state index contributed by atoms with van der Waals surface area (Å²) in [5.41, 5.74) is 6.37. The van der Waals surface area contributed by atoms with Gasteiger partial charge >= 0.3 is 0 Å². The smallest absolute Gasteiger partial charge is 0.106 e. The van der Waals surface area contributed by atoms with Crippen molar-refractivity contribution in [3.8, 4) is 0 Å². The second-order valence-electron chi connectivity index (χ2n) is 2.65. The molecule has 4 heteroatoms. The van der Waals surface area contributed by atoms with Crippen LogP contribution >= 0.6 is 15.9 Å². The summed E-state index contributed by atoms with van der Waals surface area (Å²) in [6, 6.07) is 5.04. The lowest BCUT2D eigenvalue weighted by molar-refractivity contribution is 0.162. The van der Waals surface area contributed by atoms with E-state index in [-0.39, 0.29) is 0 Å². The molecule has 1 aromatic rings. The van der Waals surface area contributed by atoms with Crippen molar-refractivity contribution in [1.29, 1.82) is 0 Å². The second-order valence-corrected chi connectivity index (χ2v) is 3.46. The van der Waals surface area contributed by atoms with E-state index in [9.17, 15) is 5.11 Å². The van der Waals surface area contributed by atoms with E-state index >= 15 is 0 Å². The molecule has 1 heterocycles. The highest BCUT2D eigenvalue weighted by Gasteiger charge is 2.12. The van der Waals surface area contributed by atoms with Crippen LogP contribution in [0.1, 0.15) is 18.7 Å². The number of pyridine rings is 1. The highest BCUT2D eigenvalue weighted by atomic mass is 79.9. The first-order valence-corrected chi connectivity index (χ1v) is 4.46. The minimum absolute atomic E-state index is 0.414. The molecule has 2 atom stereocenters. The van der Waals surface area contributed by atoms with Crippen molar-refractivity contribution in [3.63, 3.8) is 0 Å². The van der Waals surface area contributed by atoms with Gasteiger partial charge in [0.05, 0.1) is 17.8 Å². The summed E-state index contributed by atoms with van der Waals surface area (Å²) in [5, 5.41) is 9.18. The zero-order valence-corrected chi connectivity index (χ0v) is 8.32. The van der Waals surface area contributed by atoms with Crippen LogP contribution in [0.5, 0.6) is 0 Å². The molecule has 0 aliphatic rings. The molecule has 0 saturated carbocycles. The molecule has 1 unspecified atom stereocenters. The average Bonchev–Trinajstić information content (AvgIpc) is 2.03. The Hall–Kier alpha value is -0.450. The lowest BCUT2D eigenvalue weighted by Crippen LogP contribution is -2.24. The Bertz CT molecular complexity index is 265. The maximum absolute atomic E-state index is 9.18. The number of nitrogens with zero attached hydrogens (tertiary/aromatic N) is 1. The van der Waals surface area contributed by atoms with Gasteiger partial charge in [0, 0.05) is 0 Å². The minimum Gasteiger partial charge on any atom is -0.391 e. The van der Waals surface area contributed by atoms with E-state index in [1.54, 1.807) is 13.0 Å². The quantitative estimate of drug-likeness (QED) is 0.752. The normalized spacial score (nSPS) is 15.7. The Morgan fingerprint density at radius 1 is 1.58 bits per heavy atom. The summed E-state index contributed by atoms with van der Waals surface area (Å²) in [4.78, 5) is 4.13. The number of hydrogen-bond donors (Lipinski definition) is 2. The standard InChI is InChI=1S/C8H11BrN2O/c1-5(12)8(10)6-3-2-4-7(9)11-6/h2-5,8,12H,10H2,1H3/t5?,8-/m0/s1. The second kappa shape index (κ2) is 3.98. The van der Waals surface area contributed by atoms with Gasteiger partial charge in [0.25, 0.3) is 0 Å². The van der Waals surface area contributed by atoms with Gasteiger partial charge < -0.3 is 10.8 Å². The maximum Gasteiger partial charge on any atom is 0.106 e. The van der Waals surface area contributed by atoms with Crippen molar-refractivity contribution in [2.75, 3.05) is 0 Å². The molecular weight excluding hydrogens is 220 g/mol. The summed E-state index contributed by atoms with van der Waals surface area (Å²) >= 11 is 3.23. The molecule has 0 bridgehead atoms. The molecule has 0 radical (unpaired) electrons. The van der Waals surface area contributed by atoms with Crippen molar-refractivity contribution >= 4 is 15.9 Å². The van der Waals surface area contributed by atoms with Gasteiger partial charge in [0.1, 0.15) is 4.60 Å². The highest BCUT2D eigenvalue weighted by Crippen LogP contribution is 2.14. The Labute approximate surface area is 79.7 Å². The molecular formula is C8H11BrN2O. The monoisotopic (exact) mass is 230 g/mol. The van der Waals surface area contributed by atoms with Crippen molar-refractivity contribution in [2.24, 2.45) is 5.73 Å². The number of halogens is 1. The molecule has 1 aromatic heterocycles. The molecule has 66 valence electrons. The fourth-order valence-corrected chi connectivity index (χ4v) is 1.21. The molecule has 0 aromatic carbocycles. The number of aliphatic hydroxyl groups is 1. The highest BCUT2D eigenvalue weighted by molar-refractivity contribution is 9.10. The first kappa shape index (κ1) is 9.64.